The summed E-state index contributed by atoms with van der Waals surface area (Å²) in [6, 6.07) is 17.8. The van der Waals surface area contributed by atoms with Crippen molar-refractivity contribution < 1.29 is 4.74 Å². The van der Waals surface area contributed by atoms with E-state index in [1.165, 1.54) is 0 Å². The lowest BCUT2D eigenvalue weighted by molar-refractivity contribution is 0.306. The van der Waals surface area contributed by atoms with E-state index < -0.39 is 0 Å². The average Bonchev–Trinajstić information content (AvgIpc) is 3.04. The largest absolute Gasteiger partial charge is 0.489 e. The first-order valence-electron chi connectivity index (χ1n) is 7.68. The molecule has 0 spiro atoms. The second-order valence-corrected chi connectivity index (χ2v) is 6.15. The quantitative estimate of drug-likeness (QED) is 0.553. The topological polar surface area (TPSA) is 64.9 Å². The summed E-state index contributed by atoms with van der Waals surface area (Å²) < 4.78 is 8.24. The Labute approximate surface area is 152 Å². The summed E-state index contributed by atoms with van der Waals surface area (Å²) in [5.41, 5.74) is 6.85. The van der Waals surface area contributed by atoms with Gasteiger partial charge in [0.15, 0.2) is 4.60 Å². The molecule has 7 heteroatoms. The minimum absolute atomic E-state index is 0.545. The van der Waals surface area contributed by atoms with Gasteiger partial charge in [0, 0.05) is 0 Å². The van der Waals surface area contributed by atoms with Crippen LogP contribution in [0, 0.1) is 0 Å². The number of nitrogens with zero attached hydrogens (tertiary/aromatic N) is 4. The number of benzene rings is 2. The Morgan fingerprint density at radius 3 is 2.60 bits per heavy atom. The molecule has 25 heavy (non-hydrogen) atoms. The highest BCUT2D eigenvalue weighted by Gasteiger charge is 2.15. The maximum Gasteiger partial charge on any atom is 0.156 e. The molecule has 1 N–H and O–H groups in total. The van der Waals surface area contributed by atoms with Crippen LogP contribution in [0.5, 0.6) is 5.75 Å². The Morgan fingerprint density at radius 1 is 1.00 bits per heavy atom. The molecule has 0 aromatic heterocycles. The number of hydrogen-bond acceptors (Lipinski definition) is 5. The molecule has 6 nitrogen and oxygen atoms in total. The molecule has 0 saturated heterocycles. The van der Waals surface area contributed by atoms with E-state index >= 15 is 0 Å². The highest BCUT2D eigenvalue weighted by molar-refractivity contribution is 9.10. The summed E-state index contributed by atoms with van der Waals surface area (Å²) >= 11 is 3.40. The molecule has 2 aliphatic rings. The molecule has 0 aliphatic carbocycles. The van der Waals surface area contributed by atoms with Crippen LogP contribution in [0.25, 0.3) is 11.4 Å². The number of rotatable bonds is 5. The number of hydrogen-bond donors (Lipinski definition) is 1. The van der Waals surface area contributed by atoms with Crippen LogP contribution in [-0.4, -0.2) is 19.9 Å². The van der Waals surface area contributed by atoms with Crippen LogP contribution in [0.1, 0.15) is 5.56 Å². The number of ether oxygens (including phenoxy) is 1. The van der Waals surface area contributed by atoms with Crippen molar-refractivity contribution in [3.63, 3.8) is 0 Å². The van der Waals surface area contributed by atoms with Crippen LogP contribution in [0.15, 0.2) is 71.7 Å². The first kappa shape index (κ1) is 15.6. The van der Waals surface area contributed by atoms with E-state index in [9.17, 15) is 0 Å². The lowest BCUT2D eigenvalue weighted by atomic mass is 10.2. The van der Waals surface area contributed by atoms with E-state index in [1.807, 2.05) is 54.6 Å². The van der Waals surface area contributed by atoms with Crippen LogP contribution >= 0.6 is 15.9 Å². The van der Waals surface area contributed by atoms with Crippen molar-refractivity contribution in [3.8, 4) is 17.1 Å². The van der Waals surface area contributed by atoms with Gasteiger partial charge in [-0.05, 0) is 45.8 Å². The third-order valence-electron chi connectivity index (χ3n) is 3.66. The molecule has 2 aromatic rings. The van der Waals surface area contributed by atoms with Gasteiger partial charge in [-0.2, -0.15) is 0 Å². The van der Waals surface area contributed by atoms with E-state index in [2.05, 4.69) is 36.5 Å². The molecular weight excluding hydrogens is 382 g/mol. The molecule has 2 aromatic carbocycles. The van der Waals surface area contributed by atoms with Crippen LogP contribution in [0.2, 0.25) is 0 Å². The van der Waals surface area contributed by atoms with Crippen LogP contribution in [0.3, 0.4) is 0 Å². The van der Waals surface area contributed by atoms with Gasteiger partial charge in [-0.1, -0.05) is 30.3 Å². The molecule has 0 fully saturated rings. The van der Waals surface area contributed by atoms with Gasteiger partial charge in [0.1, 0.15) is 30.1 Å². The molecule has 0 bridgehead atoms. The van der Waals surface area contributed by atoms with Crippen molar-refractivity contribution in [2.75, 3.05) is 5.43 Å². The van der Waals surface area contributed by atoms with Crippen molar-refractivity contribution in [1.29, 1.82) is 0 Å². The van der Waals surface area contributed by atoms with Gasteiger partial charge in [-0.3, -0.25) is 5.43 Å². The first-order valence-corrected chi connectivity index (χ1v) is 8.47. The Morgan fingerprint density at radius 2 is 1.80 bits per heavy atom. The molecule has 2 heterocycles. The molecule has 0 unspecified atom stereocenters. The maximum atomic E-state index is 5.80. The van der Waals surface area contributed by atoms with Crippen molar-refractivity contribution in [1.82, 2.24) is 19.9 Å². The van der Waals surface area contributed by atoms with Crippen molar-refractivity contribution >= 4 is 21.6 Å². The standard InChI is InChI=1S/C18H14BrN5O/c19-18-17-16(21-22-18)10-20-12-24(17)23-14-6-8-15(9-7-14)25-11-13-4-2-1-3-5-13/h1-10,12,23H,11H2. The van der Waals surface area contributed by atoms with E-state index in [0.717, 1.165) is 22.7 Å². The van der Waals surface area contributed by atoms with Gasteiger partial charge in [-0.25, -0.2) is 9.66 Å². The Kier molecular flexibility index (Phi) is 4.30. The number of halogens is 1. The number of anilines is 1. The van der Waals surface area contributed by atoms with Crippen LogP contribution in [0.4, 0.5) is 5.69 Å². The summed E-state index contributed by atoms with van der Waals surface area (Å²) in [5.74, 6) is 0.813. The summed E-state index contributed by atoms with van der Waals surface area (Å²) in [6.45, 7) is 0.545. The number of nitrogens with one attached hydrogen (secondary N) is 1. The second-order valence-electron chi connectivity index (χ2n) is 5.40. The van der Waals surface area contributed by atoms with Crippen molar-refractivity contribution in [3.05, 3.63) is 77.3 Å². The van der Waals surface area contributed by atoms with Gasteiger partial charge in [0.05, 0.1) is 11.9 Å². The van der Waals surface area contributed by atoms with E-state index in [4.69, 9.17) is 4.74 Å². The van der Waals surface area contributed by atoms with E-state index in [-0.39, 0.29) is 0 Å². The lowest BCUT2D eigenvalue weighted by Crippen LogP contribution is -2.13. The minimum atomic E-state index is 0.545. The summed E-state index contributed by atoms with van der Waals surface area (Å²) in [7, 11) is 0. The molecule has 4 rings (SSSR count). The zero-order chi connectivity index (χ0) is 17.1. The zero-order valence-corrected chi connectivity index (χ0v) is 14.7. The van der Waals surface area contributed by atoms with Gasteiger partial charge >= 0.3 is 0 Å². The fraction of sp³-hybridized carbons (Fsp3) is 0.0556. The van der Waals surface area contributed by atoms with E-state index in [0.29, 0.717) is 16.9 Å². The fourth-order valence-corrected chi connectivity index (χ4v) is 2.90. The second kappa shape index (κ2) is 6.90. The molecular formula is C18H14BrN5O. The molecule has 0 atom stereocenters. The predicted octanol–water partition coefficient (Wildman–Crippen LogP) is 3.99. The fourth-order valence-electron chi connectivity index (χ4n) is 2.43. The highest BCUT2D eigenvalue weighted by atomic mass is 79.9. The smallest absolute Gasteiger partial charge is 0.156 e. The first-order chi connectivity index (χ1) is 12.3. The molecule has 0 radical (unpaired) electrons. The zero-order valence-electron chi connectivity index (χ0n) is 13.1. The monoisotopic (exact) mass is 395 g/mol. The summed E-state index contributed by atoms with van der Waals surface area (Å²) in [5, 5.41) is 8.06. The maximum absolute atomic E-state index is 5.80. The predicted molar refractivity (Wildman–Crippen MR) is 98.4 cm³/mol. The number of fused-ring (bicyclic) bond motifs is 1. The SMILES string of the molecule is Brc1nnc2cncn(Nc3ccc(OCc4ccccc4)cc3)c1-2. The van der Waals surface area contributed by atoms with Crippen molar-refractivity contribution in [2.45, 2.75) is 6.61 Å². The van der Waals surface area contributed by atoms with Gasteiger partial charge in [0.25, 0.3) is 0 Å². The van der Waals surface area contributed by atoms with Crippen LogP contribution < -0.4 is 10.2 Å². The third-order valence-corrected chi connectivity index (χ3v) is 4.19. The van der Waals surface area contributed by atoms with Crippen LogP contribution in [-0.2, 0) is 6.61 Å². The summed E-state index contributed by atoms with van der Waals surface area (Å²) in [6.07, 6.45) is 3.35. The normalized spacial score (nSPS) is 10.8. The minimum Gasteiger partial charge on any atom is -0.489 e. The molecule has 0 saturated carbocycles. The average molecular weight is 396 g/mol. The number of aromatic nitrogens is 4. The Balaban J connectivity index is 1.46. The molecule has 0 amide bonds. The Hall–Kier alpha value is -2.93. The van der Waals surface area contributed by atoms with Crippen molar-refractivity contribution in [2.24, 2.45) is 0 Å². The molecule has 2 aliphatic heterocycles. The summed E-state index contributed by atoms with van der Waals surface area (Å²) in [4.78, 5) is 4.16. The van der Waals surface area contributed by atoms with Gasteiger partial charge in [-0.15, -0.1) is 10.2 Å². The van der Waals surface area contributed by atoms with Gasteiger partial charge < -0.3 is 4.74 Å². The molecule has 124 valence electrons. The lowest BCUT2D eigenvalue weighted by Gasteiger charge is -2.14. The van der Waals surface area contributed by atoms with Gasteiger partial charge in [0.2, 0.25) is 0 Å². The van der Waals surface area contributed by atoms with E-state index in [1.54, 1.807) is 17.2 Å². The Bertz CT molecular complexity index is 939. The third kappa shape index (κ3) is 3.46. The highest BCUT2D eigenvalue weighted by Crippen LogP contribution is 2.26.